The number of aromatic nitrogens is 1. The van der Waals surface area contributed by atoms with Crippen LogP contribution in [0.15, 0.2) is 52.7 Å². The highest BCUT2D eigenvalue weighted by molar-refractivity contribution is 6.39. The summed E-state index contributed by atoms with van der Waals surface area (Å²) in [5.74, 6) is 0.706. The van der Waals surface area contributed by atoms with Crippen LogP contribution in [0.2, 0.25) is 10.0 Å². The van der Waals surface area contributed by atoms with E-state index in [2.05, 4.69) is 5.16 Å². The fourth-order valence-corrected chi connectivity index (χ4v) is 6.54. The van der Waals surface area contributed by atoms with Crippen molar-refractivity contribution in [3.05, 3.63) is 75.1 Å². The first kappa shape index (κ1) is 24.7. The highest BCUT2D eigenvalue weighted by Gasteiger charge is 2.60. The average Bonchev–Trinajstić information content (AvgIpc) is 3.85. The molecule has 2 aromatic carbocycles. The number of carboxylic acids is 1. The van der Waals surface area contributed by atoms with Gasteiger partial charge >= 0.3 is 5.97 Å². The first-order valence-electron chi connectivity index (χ1n) is 13.3. The summed E-state index contributed by atoms with van der Waals surface area (Å²) in [6.45, 7) is 0.234. The Labute approximate surface area is 235 Å². The molecular weight excluding hydrogens is 539 g/mol. The number of nitrogens with zero attached hydrogens (tertiary/aromatic N) is 2. The van der Waals surface area contributed by atoms with E-state index in [9.17, 15) is 14.7 Å². The van der Waals surface area contributed by atoms with Gasteiger partial charge in [-0.1, -0.05) is 40.5 Å². The molecule has 0 radical (unpaired) electrons. The van der Waals surface area contributed by atoms with Gasteiger partial charge in [0.1, 0.15) is 23.8 Å². The Morgan fingerprint density at radius 2 is 1.92 bits per heavy atom. The SMILES string of the molecule is O=C(O)C1CC=C(N2C(=O)C3(CC3)c3cc(OCc4c(-c5c(Cl)cccc5Cl)noc4C4CC4)ccc32)CC1. The molecule has 2 heterocycles. The number of fused-ring (bicyclic) bond motifs is 2. The predicted molar refractivity (Wildman–Crippen MR) is 146 cm³/mol. The van der Waals surface area contributed by atoms with Crippen LogP contribution in [0.5, 0.6) is 5.75 Å². The topological polar surface area (TPSA) is 92.9 Å². The summed E-state index contributed by atoms with van der Waals surface area (Å²) in [5, 5.41) is 14.7. The Hall–Kier alpha value is -3.29. The van der Waals surface area contributed by atoms with E-state index in [1.54, 1.807) is 18.2 Å². The van der Waals surface area contributed by atoms with Crippen molar-refractivity contribution in [2.75, 3.05) is 4.90 Å². The molecule has 1 unspecified atom stereocenters. The van der Waals surface area contributed by atoms with Crippen molar-refractivity contribution in [1.29, 1.82) is 0 Å². The zero-order chi connectivity index (χ0) is 26.9. The summed E-state index contributed by atoms with van der Waals surface area (Å²) >= 11 is 13.0. The minimum absolute atomic E-state index is 0.0837. The third kappa shape index (κ3) is 4.05. The maximum Gasteiger partial charge on any atom is 0.306 e. The van der Waals surface area contributed by atoms with Crippen molar-refractivity contribution in [1.82, 2.24) is 5.16 Å². The summed E-state index contributed by atoms with van der Waals surface area (Å²) in [6, 6.07) is 11.2. The van der Waals surface area contributed by atoms with Crippen LogP contribution in [0, 0.1) is 5.92 Å². The number of hydrogen-bond acceptors (Lipinski definition) is 5. The lowest BCUT2D eigenvalue weighted by molar-refractivity contribution is -0.141. The van der Waals surface area contributed by atoms with Crippen LogP contribution in [0.1, 0.15) is 67.8 Å². The fourth-order valence-electron chi connectivity index (χ4n) is 5.97. The number of halogens is 2. The van der Waals surface area contributed by atoms with Gasteiger partial charge in [-0.2, -0.15) is 0 Å². The van der Waals surface area contributed by atoms with Crippen LogP contribution in [-0.2, 0) is 21.6 Å². The molecule has 0 bridgehead atoms. The van der Waals surface area contributed by atoms with Crippen LogP contribution >= 0.6 is 23.2 Å². The van der Waals surface area contributed by atoms with E-state index in [0.717, 1.165) is 54.0 Å². The summed E-state index contributed by atoms with van der Waals surface area (Å²) in [6.07, 6.45) is 7.16. The Balaban J connectivity index is 1.18. The molecule has 1 spiro atoms. The number of ether oxygens (including phenoxy) is 1. The summed E-state index contributed by atoms with van der Waals surface area (Å²) in [4.78, 5) is 26.8. The zero-order valence-electron chi connectivity index (χ0n) is 21.1. The highest BCUT2D eigenvalue weighted by atomic mass is 35.5. The molecule has 1 atom stereocenters. The molecule has 7 nitrogen and oxygen atoms in total. The number of carbonyl (C=O) groups excluding carboxylic acids is 1. The molecule has 1 N–H and O–H groups in total. The smallest absolute Gasteiger partial charge is 0.306 e. The highest BCUT2D eigenvalue weighted by Crippen LogP contribution is 2.59. The van der Waals surface area contributed by atoms with Gasteiger partial charge in [-0.15, -0.1) is 0 Å². The van der Waals surface area contributed by atoms with Crippen molar-refractivity contribution >= 4 is 40.8 Å². The van der Waals surface area contributed by atoms with Crippen LogP contribution in [-0.4, -0.2) is 22.1 Å². The summed E-state index contributed by atoms with van der Waals surface area (Å²) in [5.41, 5.74) is 4.31. The number of amides is 1. The van der Waals surface area contributed by atoms with Gasteiger partial charge in [0.15, 0.2) is 0 Å². The maximum atomic E-state index is 13.6. The maximum absolute atomic E-state index is 13.6. The number of allylic oxidation sites excluding steroid dienone is 2. The second-order valence-corrected chi connectivity index (χ2v) is 11.8. The molecule has 0 saturated heterocycles. The van der Waals surface area contributed by atoms with E-state index in [1.807, 2.05) is 29.2 Å². The van der Waals surface area contributed by atoms with Crippen LogP contribution in [0.25, 0.3) is 11.3 Å². The van der Waals surface area contributed by atoms with Gasteiger partial charge in [-0.25, -0.2) is 0 Å². The standard InChI is InChI=1S/C30H26Cl2N2O5/c31-22-2-1-3-23(32)25(22)26-20(27(39-33-26)16-4-5-16)15-38-19-10-11-24-21(14-19)30(12-13-30)29(37)34(24)18-8-6-17(7-9-18)28(35)36/h1-3,8,10-11,14,16-17H,4-7,9,12-13,15H2,(H,35,36). The molecule has 7 rings (SSSR count). The van der Waals surface area contributed by atoms with E-state index in [0.29, 0.717) is 52.2 Å². The van der Waals surface area contributed by atoms with E-state index in [-0.39, 0.29) is 18.4 Å². The van der Waals surface area contributed by atoms with E-state index in [4.69, 9.17) is 32.5 Å². The zero-order valence-corrected chi connectivity index (χ0v) is 22.6. The molecular formula is C30H26Cl2N2O5. The van der Waals surface area contributed by atoms with Gasteiger partial charge in [0.2, 0.25) is 5.91 Å². The summed E-state index contributed by atoms with van der Waals surface area (Å²) < 4.78 is 12.1. The Morgan fingerprint density at radius 3 is 2.56 bits per heavy atom. The van der Waals surface area contributed by atoms with Gasteiger partial charge in [0, 0.05) is 17.2 Å². The predicted octanol–water partition coefficient (Wildman–Crippen LogP) is 7.25. The number of benzene rings is 2. The van der Waals surface area contributed by atoms with Crippen molar-refractivity contribution in [3.8, 4) is 17.0 Å². The van der Waals surface area contributed by atoms with Crippen LogP contribution in [0.4, 0.5) is 5.69 Å². The quantitative estimate of drug-likeness (QED) is 0.324. The minimum Gasteiger partial charge on any atom is -0.489 e. The number of rotatable bonds is 7. The Bertz CT molecular complexity index is 1530. The molecule has 4 aliphatic rings. The van der Waals surface area contributed by atoms with Crippen molar-refractivity contribution < 1.29 is 24.0 Å². The number of carboxylic acid groups (broad SMARTS) is 1. The van der Waals surface area contributed by atoms with Crippen LogP contribution in [0.3, 0.4) is 0 Å². The lowest BCUT2D eigenvalue weighted by Crippen LogP contribution is -2.33. The van der Waals surface area contributed by atoms with Gasteiger partial charge in [-0.05, 0) is 80.8 Å². The molecule has 39 heavy (non-hydrogen) atoms. The Kier molecular flexibility index (Phi) is 5.79. The number of carbonyl (C=O) groups is 2. The molecule has 1 aliphatic heterocycles. The van der Waals surface area contributed by atoms with Gasteiger partial charge < -0.3 is 14.4 Å². The van der Waals surface area contributed by atoms with Gasteiger partial charge in [-0.3, -0.25) is 14.5 Å². The largest absolute Gasteiger partial charge is 0.489 e. The van der Waals surface area contributed by atoms with Gasteiger partial charge in [0.05, 0.1) is 32.6 Å². The number of aliphatic carboxylic acids is 1. The average molecular weight is 565 g/mol. The lowest BCUT2D eigenvalue weighted by Gasteiger charge is -2.26. The normalized spacial score (nSPS) is 21.2. The second kappa shape index (κ2) is 9.14. The molecule has 3 aliphatic carbocycles. The fraction of sp³-hybridized carbons (Fsp3) is 0.367. The number of hydrogen-bond donors (Lipinski definition) is 1. The summed E-state index contributed by atoms with van der Waals surface area (Å²) in [7, 11) is 0. The second-order valence-electron chi connectivity index (χ2n) is 10.9. The van der Waals surface area contributed by atoms with E-state index in [1.165, 1.54) is 0 Å². The molecule has 200 valence electrons. The molecule has 3 aromatic rings. The minimum atomic E-state index is -0.781. The third-order valence-electron chi connectivity index (χ3n) is 8.46. The molecule has 9 heteroatoms. The van der Waals surface area contributed by atoms with Gasteiger partial charge in [0.25, 0.3) is 0 Å². The van der Waals surface area contributed by atoms with Crippen molar-refractivity contribution in [2.24, 2.45) is 5.92 Å². The van der Waals surface area contributed by atoms with Crippen LogP contribution < -0.4 is 9.64 Å². The van der Waals surface area contributed by atoms with E-state index < -0.39 is 11.4 Å². The monoisotopic (exact) mass is 564 g/mol. The van der Waals surface area contributed by atoms with Crippen molar-refractivity contribution in [2.45, 2.75) is 62.9 Å². The Morgan fingerprint density at radius 1 is 1.15 bits per heavy atom. The number of anilines is 1. The first-order chi connectivity index (χ1) is 18.9. The van der Waals surface area contributed by atoms with Crippen molar-refractivity contribution in [3.63, 3.8) is 0 Å². The molecule has 2 fully saturated rings. The van der Waals surface area contributed by atoms with E-state index >= 15 is 0 Å². The third-order valence-corrected chi connectivity index (χ3v) is 9.09. The first-order valence-corrected chi connectivity index (χ1v) is 14.1. The molecule has 1 aromatic heterocycles. The molecule has 1 amide bonds. The lowest BCUT2D eigenvalue weighted by atomic mass is 9.92. The molecule has 2 saturated carbocycles.